The third-order valence-corrected chi connectivity index (χ3v) is 6.04. The molecule has 1 N–H and O–H groups in total. The maximum Gasteiger partial charge on any atom is 0.222 e. The first-order valence-corrected chi connectivity index (χ1v) is 15.2. The number of morpholine rings is 2. The standard InChI is InChI=1S/C12H24N2O2.C8H17NO.C6H13NO.C4H10/c1-11(2)4-3-5-14-6-7-16-12(9-14)8-13-10-15;1-2-3-4-9-5-7-10-8-6-9;1-4-6(8)7(3)5-2;1-4(2)3/h10-12H,3-9H2,1-2H3,(H,13,15);2-8H2,1H3;4-5H2,1-3H3;4H,1-3H3. The fraction of sp³-hybridized carbons (Fsp3) is 0.933. The topological polar surface area (TPSA) is 74.4 Å². The van der Waals surface area contributed by atoms with E-state index in [-0.39, 0.29) is 12.0 Å². The number of nitrogens with one attached hydrogen (secondary N) is 1. The first-order valence-electron chi connectivity index (χ1n) is 15.2. The Morgan fingerprint density at radius 1 is 0.974 bits per heavy atom. The molecule has 2 rings (SSSR count). The average molecular weight is 545 g/mol. The van der Waals surface area contributed by atoms with E-state index in [0.717, 1.165) is 77.3 Å². The van der Waals surface area contributed by atoms with Crippen LogP contribution in [-0.2, 0) is 19.1 Å². The SMILES string of the molecule is CC(C)C.CC(C)CCCN1CCOC(CNC=O)C1.CCC(=O)N(C)CC.CCCCN1CCOCC1. The van der Waals surface area contributed by atoms with Crippen molar-refractivity contribution < 1.29 is 19.1 Å². The van der Waals surface area contributed by atoms with Gasteiger partial charge in [0.1, 0.15) is 0 Å². The molecule has 1 unspecified atom stereocenters. The third-order valence-electron chi connectivity index (χ3n) is 6.04. The maximum atomic E-state index is 10.7. The van der Waals surface area contributed by atoms with E-state index in [1.54, 1.807) is 4.90 Å². The van der Waals surface area contributed by atoms with Crippen molar-refractivity contribution >= 4 is 12.3 Å². The molecule has 2 saturated heterocycles. The van der Waals surface area contributed by atoms with Gasteiger partial charge in [0.25, 0.3) is 0 Å². The number of carbonyl (C=O) groups is 2. The number of nitrogens with zero attached hydrogens (tertiary/aromatic N) is 3. The number of ether oxygens (including phenoxy) is 2. The van der Waals surface area contributed by atoms with Crippen LogP contribution in [0.3, 0.4) is 0 Å². The van der Waals surface area contributed by atoms with Crippen molar-refractivity contribution in [2.24, 2.45) is 11.8 Å². The fourth-order valence-electron chi connectivity index (χ4n) is 3.66. The molecule has 0 radical (unpaired) electrons. The second-order valence-corrected chi connectivity index (χ2v) is 11.2. The average Bonchev–Trinajstić information content (AvgIpc) is 2.91. The summed E-state index contributed by atoms with van der Waals surface area (Å²) in [5.74, 6) is 1.83. The monoisotopic (exact) mass is 544 g/mol. The smallest absolute Gasteiger partial charge is 0.222 e. The highest BCUT2D eigenvalue weighted by molar-refractivity contribution is 5.75. The van der Waals surface area contributed by atoms with E-state index in [0.29, 0.717) is 13.0 Å². The highest BCUT2D eigenvalue weighted by Gasteiger charge is 2.19. The van der Waals surface area contributed by atoms with Gasteiger partial charge in [0.2, 0.25) is 12.3 Å². The quantitative estimate of drug-likeness (QED) is 0.364. The molecule has 0 saturated carbocycles. The van der Waals surface area contributed by atoms with Crippen molar-refractivity contribution in [1.29, 1.82) is 0 Å². The molecular weight excluding hydrogens is 480 g/mol. The number of hydrogen-bond donors (Lipinski definition) is 1. The van der Waals surface area contributed by atoms with Gasteiger partial charge in [0.15, 0.2) is 0 Å². The van der Waals surface area contributed by atoms with Gasteiger partial charge >= 0.3 is 0 Å². The van der Waals surface area contributed by atoms with Gasteiger partial charge in [-0.05, 0) is 51.1 Å². The molecule has 1 atom stereocenters. The molecule has 0 aromatic rings. The minimum Gasteiger partial charge on any atom is -0.379 e. The van der Waals surface area contributed by atoms with Gasteiger partial charge in [-0.15, -0.1) is 0 Å². The summed E-state index contributed by atoms with van der Waals surface area (Å²) in [5.41, 5.74) is 0. The summed E-state index contributed by atoms with van der Waals surface area (Å²) in [6.07, 6.45) is 6.70. The molecule has 8 nitrogen and oxygen atoms in total. The van der Waals surface area contributed by atoms with Gasteiger partial charge in [-0.3, -0.25) is 19.4 Å². The van der Waals surface area contributed by atoms with Crippen molar-refractivity contribution in [3.8, 4) is 0 Å². The van der Waals surface area contributed by atoms with E-state index in [1.807, 2.05) is 20.9 Å². The van der Waals surface area contributed by atoms with Crippen molar-refractivity contribution in [3.05, 3.63) is 0 Å². The molecule has 2 aliphatic heterocycles. The second-order valence-electron chi connectivity index (χ2n) is 11.2. The van der Waals surface area contributed by atoms with Crippen LogP contribution in [0.1, 0.15) is 87.5 Å². The molecule has 0 aliphatic carbocycles. The Balaban J connectivity index is 0. The Morgan fingerprint density at radius 3 is 2.03 bits per heavy atom. The van der Waals surface area contributed by atoms with Crippen LogP contribution in [0.25, 0.3) is 0 Å². The molecule has 2 fully saturated rings. The number of amides is 2. The molecule has 2 aliphatic rings. The van der Waals surface area contributed by atoms with Crippen molar-refractivity contribution in [1.82, 2.24) is 20.0 Å². The predicted molar refractivity (Wildman–Crippen MR) is 161 cm³/mol. The number of carbonyl (C=O) groups excluding carboxylic acids is 2. The maximum absolute atomic E-state index is 10.7. The molecule has 0 aromatic carbocycles. The lowest BCUT2D eigenvalue weighted by molar-refractivity contribution is -0.129. The lowest BCUT2D eigenvalue weighted by Crippen LogP contribution is -2.46. The predicted octanol–water partition coefficient (Wildman–Crippen LogP) is 4.53. The Morgan fingerprint density at radius 2 is 1.55 bits per heavy atom. The van der Waals surface area contributed by atoms with E-state index < -0.39 is 0 Å². The summed E-state index contributed by atoms with van der Waals surface area (Å²) in [6.45, 7) is 27.8. The highest BCUT2D eigenvalue weighted by atomic mass is 16.5. The van der Waals surface area contributed by atoms with Crippen LogP contribution >= 0.6 is 0 Å². The number of unbranched alkanes of at least 4 members (excludes halogenated alkanes) is 1. The lowest BCUT2D eigenvalue weighted by atomic mass is 10.1. The first kappa shape index (κ1) is 38.9. The van der Waals surface area contributed by atoms with Gasteiger partial charge in [-0.2, -0.15) is 0 Å². The normalized spacial score (nSPS) is 17.8. The van der Waals surface area contributed by atoms with Crippen molar-refractivity contribution in [3.63, 3.8) is 0 Å². The van der Waals surface area contributed by atoms with E-state index in [9.17, 15) is 9.59 Å². The Hall–Kier alpha value is -1.22. The van der Waals surface area contributed by atoms with Crippen LogP contribution in [0.5, 0.6) is 0 Å². The van der Waals surface area contributed by atoms with Gasteiger partial charge in [0.05, 0.1) is 25.9 Å². The zero-order valence-corrected chi connectivity index (χ0v) is 26.6. The van der Waals surface area contributed by atoms with Crippen LogP contribution in [-0.4, -0.2) is 112 Å². The van der Waals surface area contributed by atoms with Crippen LogP contribution in [0, 0.1) is 11.8 Å². The summed E-state index contributed by atoms with van der Waals surface area (Å²) in [6, 6.07) is 0. The zero-order chi connectivity index (χ0) is 29.2. The molecule has 0 spiro atoms. The molecule has 38 heavy (non-hydrogen) atoms. The minimum absolute atomic E-state index is 0.165. The molecule has 2 heterocycles. The van der Waals surface area contributed by atoms with Gasteiger partial charge < -0.3 is 19.7 Å². The van der Waals surface area contributed by atoms with E-state index >= 15 is 0 Å². The van der Waals surface area contributed by atoms with Crippen LogP contribution < -0.4 is 5.32 Å². The molecule has 2 amide bonds. The summed E-state index contributed by atoms with van der Waals surface area (Å²) in [7, 11) is 1.81. The summed E-state index contributed by atoms with van der Waals surface area (Å²) in [5, 5.41) is 2.68. The summed E-state index contributed by atoms with van der Waals surface area (Å²) >= 11 is 0. The van der Waals surface area contributed by atoms with Gasteiger partial charge in [-0.25, -0.2) is 0 Å². The molecular formula is C30H64N4O4. The molecule has 0 aromatic heterocycles. The van der Waals surface area contributed by atoms with Crippen molar-refractivity contribution in [2.75, 3.05) is 79.2 Å². The minimum atomic E-state index is 0.165. The van der Waals surface area contributed by atoms with Crippen LogP contribution in [0.15, 0.2) is 0 Å². The molecule has 228 valence electrons. The van der Waals surface area contributed by atoms with Gasteiger partial charge in [0, 0.05) is 52.7 Å². The summed E-state index contributed by atoms with van der Waals surface area (Å²) in [4.78, 5) is 27.5. The second kappa shape index (κ2) is 27.4. The van der Waals surface area contributed by atoms with E-state index in [1.165, 1.54) is 32.2 Å². The van der Waals surface area contributed by atoms with E-state index in [2.05, 4.69) is 56.7 Å². The fourth-order valence-corrected chi connectivity index (χ4v) is 3.66. The Kier molecular flexibility index (Phi) is 28.0. The van der Waals surface area contributed by atoms with Crippen LogP contribution in [0.4, 0.5) is 0 Å². The van der Waals surface area contributed by atoms with E-state index in [4.69, 9.17) is 9.47 Å². The number of hydrogen-bond acceptors (Lipinski definition) is 6. The van der Waals surface area contributed by atoms with Crippen molar-refractivity contribution in [2.45, 2.75) is 93.6 Å². The zero-order valence-electron chi connectivity index (χ0n) is 26.6. The van der Waals surface area contributed by atoms with Crippen LogP contribution in [0.2, 0.25) is 0 Å². The van der Waals surface area contributed by atoms with Gasteiger partial charge in [-0.1, -0.05) is 54.9 Å². The number of rotatable bonds is 12. The Labute approximate surface area is 236 Å². The molecule has 8 heteroatoms. The lowest BCUT2D eigenvalue weighted by Gasteiger charge is -2.32. The highest BCUT2D eigenvalue weighted by Crippen LogP contribution is 2.09. The summed E-state index contributed by atoms with van der Waals surface area (Å²) < 4.78 is 10.8. The third kappa shape index (κ3) is 26.4. The first-order chi connectivity index (χ1) is 18.1. The molecule has 0 bridgehead atoms. The largest absolute Gasteiger partial charge is 0.379 e. The Bertz CT molecular complexity index is 526.